The molecule has 8 heteroatoms. The van der Waals surface area contributed by atoms with E-state index in [1.807, 2.05) is 6.07 Å². The number of benzene rings is 1. The van der Waals surface area contributed by atoms with Crippen LogP contribution in [0, 0.1) is 5.41 Å². The molecule has 0 bridgehead atoms. The van der Waals surface area contributed by atoms with E-state index in [2.05, 4.69) is 34.5 Å². The third-order valence-corrected chi connectivity index (χ3v) is 5.33. The van der Waals surface area contributed by atoms with Gasteiger partial charge in [0.25, 0.3) is 5.91 Å². The standard InChI is InChI=1S/C18H17N5O2S/c1-18(2)9-12-15(14(24)10-18)26-17(20-12)21-16(25)11-5-3-4-6-13(11)23-8-7-19-22-23/h3-8H,9-10H2,1-2H3,(H,20,21,25). The number of amides is 1. The Morgan fingerprint density at radius 1 is 1.27 bits per heavy atom. The number of fused-ring (bicyclic) bond motifs is 1. The molecule has 0 unspecified atom stereocenters. The molecule has 26 heavy (non-hydrogen) atoms. The largest absolute Gasteiger partial charge is 0.298 e. The third kappa shape index (κ3) is 3.03. The van der Waals surface area contributed by atoms with Crippen LogP contribution in [0.2, 0.25) is 0 Å². The van der Waals surface area contributed by atoms with Crippen LogP contribution in [0.4, 0.5) is 5.13 Å². The van der Waals surface area contributed by atoms with Crippen LogP contribution in [0.25, 0.3) is 5.69 Å². The highest BCUT2D eigenvalue weighted by Gasteiger charge is 2.34. The summed E-state index contributed by atoms with van der Waals surface area (Å²) >= 11 is 1.24. The molecule has 0 fully saturated rings. The van der Waals surface area contributed by atoms with Gasteiger partial charge in [-0.2, -0.15) is 0 Å². The molecule has 0 saturated carbocycles. The number of anilines is 1. The highest BCUT2D eigenvalue weighted by Crippen LogP contribution is 2.38. The summed E-state index contributed by atoms with van der Waals surface area (Å²) < 4.78 is 1.54. The van der Waals surface area contributed by atoms with Crippen LogP contribution >= 0.6 is 11.3 Å². The van der Waals surface area contributed by atoms with Crippen LogP contribution in [-0.2, 0) is 6.42 Å². The van der Waals surface area contributed by atoms with E-state index in [1.54, 1.807) is 30.6 Å². The highest BCUT2D eigenvalue weighted by atomic mass is 32.1. The average molecular weight is 367 g/mol. The lowest BCUT2D eigenvalue weighted by Gasteiger charge is -2.26. The monoisotopic (exact) mass is 367 g/mol. The molecule has 0 radical (unpaired) electrons. The average Bonchev–Trinajstić information content (AvgIpc) is 3.23. The van der Waals surface area contributed by atoms with E-state index in [0.29, 0.717) is 27.7 Å². The van der Waals surface area contributed by atoms with Gasteiger partial charge in [-0.3, -0.25) is 14.9 Å². The maximum atomic E-state index is 12.8. The number of hydrogen-bond acceptors (Lipinski definition) is 6. The van der Waals surface area contributed by atoms with Gasteiger partial charge in [0.1, 0.15) is 0 Å². The van der Waals surface area contributed by atoms with E-state index in [4.69, 9.17) is 0 Å². The van der Waals surface area contributed by atoms with Gasteiger partial charge >= 0.3 is 0 Å². The summed E-state index contributed by atoms with van der Waals surface area (Å²) in [7, 11) is 0. The van der Waals surface area contributed by atoms with Crippen molar-refractivity contribution in [2.75, 3.05) is 5.32 Å². The van der Waals surface area contributed by atoms with Gasteiger partial charge < -0.3 is 0 Å². The minimum atomic E-state index is -0.297. The summed E-state index contributed by atoms with van der Waals surface area (Å²) in [6.07, 6.45) is 4.46. The molecule has 1 aliphatic rings. The van der Waals surface area contributed by atoms with Crippen molar-refractivity contribution >= 4 is 28.2 Å². The molecule has 1 aliphatic carbocycles. The van der Waals surface area contributed by atoms with Crippen molar-refractivity contribution in [3.05, 3.63) is 52.8 Å². The number of thiazole rings is 1. The summed E-state index contributed by atoms with van der Waals surface area (Å²) in [5.74, 6) is -0.203. The Bertz CT molecular complexity index is 991. The third-order valence-electron chi connectivity index (χ3n) is 4.27. The lowest BCUT2D eigenvalue weighted by atomic mass is 9.78. The van der Waals surface area contributed by atoms with Crippen LogP contribution < -0.4 is 5.32 Å². The van der Waals surface area contributed by atoms with Crippen LogP contribution in [0.15, 0.2) is 36.7 Å². The number of carbonyl (C=O) groups is 2. The Balaban J connectivity index is 1.62. The normalized spacial score (nSPS) is 15.5. The van der Waals surface area contributed by atoms with Crippen molar-refractivity contribution in [2.24, 2.45) is 5.41 Å². The summed E-state index contributed by atoms with van der Waals surface area (Å²) in [4.78, 5) is 30.2. The summed E-state index contributed by atoms with van der Waals surface area (Å²) in [6.45, 7) is 4.11. The van der Waals surface area contributed by atoms with E-state index in [9.17, 15) is 9.59 Å². The molecule has 1 aromatic carbocycles. The maximum Gasteiger partial charge on any atom is 0.259 e. The second-order valence-electron chi connectivity index (χ2n) is 7.05. The van der Waals surface area contributed by atoms with Crippen molar-refractivity contribution in [3.8, 4) is 5.69 Å². The van der Waals surface area contributed by atoms with Gasteiger partial charge in [0.2, 0.25) is 0 Å². The van der Waals surface area contributed by atoms with Crippen molar-refractivity contribution in [1.82, 2.24) is 20.0 Å². The molecular formula is C18H17N5O2S. The molecule has 2 heterocycles. The van der Waals surface area contributed by atoms with Crippen LogP contribution in [0.5, 0.6) is 0 Å². The van der Waals surface area contributed by atoms with E-state index in [-0.39, 0.29) is 17.1 Å². The zero-order chi connectivity index (χ0) is 18.3. The molecule has 0 aliphatic heterocycles. The number of aromatic nitrogens is 4. The number of Topliss-reactive ketones (excluding diaryl/α,β-unsaturated/α-hetero) is 1. The van der Waals surface area contributed by atoms with Crippen molar-refractivity contribution in [2.45, 2.75) is 26.7 Å². The molecular weight excluding hydrogens is 350 g/mol. The Morgan fingerprint density at radius 3 is 2.85 bits per heavy atom. The predicted molar refractivity (Wildman–Crippen MR) is 97.9 cm³/mol. The fourth-order valence-electron chi connectivity index (χ4n) is 3.14. The smallest absolute Gasteiger partial charge is 0.259 e. The Morgan fingerprint density at radius 2 is 2.08 bits per heavy atom. The topological polar surface area (TPSA) is 89.8 Å². The SMILES string of the molecule is CC1(C)CC(=O)c2sc(NC(=O)c3ccccc3-n3ccnn3)nc2C1. The lowest BCUT2D eigenvalue weighted by Crippen LogP contribution is -2.26. The Labute approximate surface area is 154 Å². The number of rotatable bonds is 3. The highest BCUT2D eigenvalue weighted by molar-refractivity contribution is 7.17. The van der Waals surface area contributed by atoms with Gasteiger partial charge in [-0.05, 0) is 24.0 Å². The quantitative estimate of drug-likeness (QED) is 0.768. The van der Waals surface area contributed by atoms with Crippen molar-refractivity contribution in [1.29, 1.82) is 0 Å². The summed E-state index contributed by atoms with van der Waals surface area (Å²) in [5, 5.41) is 11.0. The molecule has 7 nitrogen and oxygen atoms in total. The number of nitrogens with one attached hydrogen (secondary N) is 1. The fraction of sp³-hybridized carbons (Fsp3) is 0.278. The number of carbonyl (C=O) groups excluding carboxylic acids is 2. The first-order valence-electron chi connectivity index (χ1n) is 8.23. The van der Waals surface area contributed by atoms with E-state index in [1.165, 1.54) is 16.0 Å². The number of nitrogens with zero attached hydrogens (tertiary/aromatic N) is 4. The van der Waals surface area contributed by atoms with Gasteiger partial charge in [-0.25, -0.2) is 9.67 Å². The Hall–Kier alpha value is -2.87. The predicted octanol–water partition coefficient (Wildman–Crippen LogP) is 3.13. The van der Waals surface area contributed by atoms with Crippen LogP contribution in [0.1, 0.15) is 46.0 Å². The van der Waals surface area contributed by atoms with Gasteiger partial charge in [0, 0.05) is 6.42 Å². The van der Waals surface area contributed by atoms with Gasteiger partial charge in [0.15, 0.2) is 10.9 Å². The minimum absolute atomic E-state index is 0.0947. The number of hydrogen-bond donors (Lipinski definition) is 1. The molecule has 1 N–H and O–H groups in total. The van der Waals surface area contributed by atoms with Crippen LogP contribution in [-0.4, -0.2) is 31.7 Å². The second kappa shape index (κ2) is 6.14. The van der Waals surface area contributed by atoms with Gasteiger partial charge in [-0.1, -0.05) is 42.5 Å². The summed E-state index contributed by atoms with van der Waals surface area (Å²) in [5.41, 5.74) is 1.76. The van der Waals surface area contributed by atoms with E-state index >= 15 is 0 Å². The molecule has 0 atom stereocenters. The fourth-order valence-corrected chi connectivity index (χ4v) is 4.05. The van der Waals surface area contributed by atoms with Crippen molar-refractivity contribution in [3.63, 3.8) is 0 Å². The minimum Gasteiger partial charge on any atom is -0.298 e. The molecule has 2 aromatic heterocycles. The lowest BCUT2D eigenvalue weighted by molar-refractivity contribution is 0.0915. The van der Waals surface area contributed by atoms with Gasteiger partial charge in [-0.15, -0.1) is 5.10 Å². The molecule has 132 valence electrons. The number of ketones is 1. The maximum absolute atomic E-state index is 12.8. The number of para-hydroxylation sites is 1. The van der Waals surface area contributed by atoms with Crippen LogP contribution in [0.3, 0.4) is 0 Å². The van der Waals surface area contributed by atoms with E-state index < -0.39 is 0 Å². The molecule has 0 spiro atoms. The zero-order valence-corrected chi connectivity index (χ0v) is 15.2. The first-order valence-corrected chi connectivity index (χ1v) is 9.05. The molecule has 1 amide bonds. The summed E-state index contributed by atoms with van der Waals surface area (Å²) in [6, 6.07) is 7.13. The Kier molecular flexibility index (Phi) is 3.91. The van der Waals surface area contributed by atoms with Gasteiger partial charge in [0.05, 0.1) is 34.2 Å². The molecule has 4 rings (SSSR count). The zero-order valence-electron chi connectivity index (χ0n) is 14.4. The van der Waals surface area contributed by atoms with E-state index in [0.717, 1.165) is 12.1 Å². The molecule has 0 saturated heterocycles. The first kappa shape index (κ1) is 16.6. The first-order chi connectivity index (χ1) is 12.4. The van der Waals surface area contributed by atoms with Crippen molar-refractivity contribution < 1.29 is 9.59 Å². The second-order valence-corrected chi connectivity index (χ2v) is 8.05. The molecule has 3 aromatic rings.